The topological polar surface area (TPSA) is 88.1 Å². The molecule has 0 unspecified atom stereocenters. The van der Waals surface area contributed by atoms with E-state index in [4.69, 9.17) is 28.4 Å². The molecule has 3 saturated heterocycles. The van der Waals surface area contributed by atoms with Crippen molar-refractivity contribution in [2.45, 2.75) is 70.0 Å². The van der Waals surface area contributed by atoms with Crippen molar-refractivity contribution in [3.63, 3.8) is 0 Å². The molecule has 5 atom stereocenters. The van der Waals surface area contributed by atoms with Crippen LogP contribution < -0.4 is 0 Å². The SMILES string of the molecule is CN(C)C=Nc1ccccc1[C]1[CH][CH][CH][C]1C(=O)O[C@@H]1[C@H]2OC(C)(C)O[C@H]2O[C@@H]1[C@H]1COC(C)(C)O1.[CH]1[CH][CH][CH][CH]1.[Fe+2]. The molecule has 10 radical (unpaired) electrons. The van der Waals surface area contributed by atoms with Gasteiger partial charge in [0.1, 0.15) is 12.2 Å². The fourth-order valence-corrected chi connectivity index (χ4v) is 5.15. The first-order valence-electron chi connectivity index (χ1n) is 13.8. The molecule has 3 heterocycles. The summed E-state index contributed by atoms with van der Waals surface area (Å²) in [6, 6.07) is 7.68. The third-order valence-electron chi connectivity index (χ3n) is 6.88. The maximum Gasteiger partial charge on any atom is 2.00 e. The van der Waals surface area contributed by atoms with Crippen molar-refractivity contribution in [3.05, 3.63) is 93.0 Å². The number of carbonyl (C=O) groups is 1. The van der Waals surface area contributed by atoms with E-state index in [0.29, 0.717) is 12.5 Å². The van der Waals surface area contributed by atoms with E-state index in [9.17, 15) is 4.79 Å². The van der Waals surface area contributed by atoms with Crippen molar-refractivity contribution < 1.29 is 50.3 Å². The number of hydrogen-bond acceptors (Lipinski definition) is 8. The Hall–Kier alpha value is -1.52. The van der Waals surface area contributed by atoms with Gasteiger partial charge in [-0.15, -0.1) is 0 Å². The van der Waals surface area contributed by atoms with Crippen molar-refractivity contribution in [1.82, 2.24) is 4.90 Å². The average Bonchev–Trinajstić information content (AvgIpc) is 3.74. The Morgan fingerprint density at radius 3 is 2.26 bits per heavy atom. The maximum atomic E-state index is 13.6. The molecule has 5 aliphatic rings. The Labute approximate surface area is 261 Å². The second kappa shape index (κ2) is 14.1. The van der Waals surface area contributed by atoms with Crippen LogP contribution in [0.2, 0.25) is 0 Å². The van der Waals surface area contributed by atoms with Crippen LogP contribution in [0, 0.1) is 63.2 Å². The largest absolute Gasteiger partial charge is 2.00 e. The molecule has 10 heteroatoms. The number of esters is 1. The van der Waals surface area contributed by atoms with Gasteiger partial charge < -0.3 is 33.3 Å². The molecule has 0 aromatic heterocycles. The van der Waals surface area contributed by atoms with E-state index in [2.05, 4.69) is 4.99 Å². The van der Waals surface area contributed by atoms with Crippen LogP contribution in [0.3, 0.4) is 0 Å². The summed E-state index contributed by atoms with van der Waals surface area (Å²) in [7, 11) is 3.81. The molecule has 2 saturated carbocycles. The number of benzene rings is 1. The molecule has 2 aliphatic carbocycles. The third kappa shape index (κ3) is 7.95. The minimum absolute atomic E-state index is 0. The van der Waals surface area contributed by atoms with E-state index in [-0.39, 0.29) is 17.1 Å². The molecule has 3 aliphatic heterocycles. The summed E-state index contributed by atoms with van der Waals surface area (Å²) >= 11 is 0. The third-order valence-corrected chi connectivity index (χ3v) is 6.88. The van der Waals surface area contributed by atoms with E-state index < -0.39 is 48.2 Å². The zero-order valence-corrected chi connectivity index (χ0v) is 25.8. The van der Waals surface area contributed by atoms with Gasteiger partial charge in [0.2, 0.25) is 0 Å². The van der Waals surface area contributed by atoms with Gasteiger partial charge in [-0.3, -0.25) is 4.79 Å². The minimum atomic E-state index is -0.855. The van der Waals surface area contributed by atoms with Gasteiger partial charge >= 0.3 is 23.0 Å². The fraction of sp³-hybridized carbons (Fsp3) is 0.438. The Morgan fingerprint density at radius 2 is 1.62 bits per heavy atom. The summed E-state index contributed by atoms with van der Waals surface area (Å²) in [5.74, 6) is -0.911. The maximum absolute atomic E-state index is 13.6. The number of nitrogens with zero attached hydrogens (tertiary/aromatic N) is 2. The first-order valence-corrected chi connectivity index (χ1v) is 13.8. The van der Waals surface area contributed by atoms with Crippen LogP contribution in [0.5, 0.6) is 0 Å². The van der Waals surface area contributed by atoms with Gasteiger partial charge in [-0.05, 0) is 90.7 Å². The van der Waals surface area contributed by atoms with Gasteiger partial charge in [-0.1, -0.05) is 18.2 Å². The molecule has 1 aromatic rings. The van der Waals surface area contributed by atoms with Gasteiger partial charge in [0.25, 0.3) is 0 Å². The Morgan fingerprint density at radius 1 is 0.929 bits per heavy atom. The van der Waals surface area contributed by atoms with E-state index in [1.807, 2.05) is 102 Å². The number of rotatable bonds is 6. The molecule has 224 valence electrons. The fourth-order valence-electron chi connectivity index (χ4n) is 5.15. The van der Waals surface area contributed by atoms with Crippen molar-refractivity contribution in [2.75, 3.05) is 20.7 Å². The summed E-state index contributed by atoms with van der Waals surface area (Å²) in [5, 5.41) is 0. The van der Waals surface area contributed by atoms with Crippen molar-refractivity contribution in [2.24, 2.45) is 4.99 Å². The summed E-state index contributed by atoms with van der Waals surface area (Å²) < 4.78 is 36.1. The molecule has 5 fully saturated rings. The first-order chi connectivity index (χ1) is 19.5. The van der Waals surface area contributed by atoms with Crippen molar-refractivity contribution in [1.29, 1.82) is 0 Å². The second-order valence-corrected chi connectivity index (χ2v) is 11.3. The molecular formula is C32H38FeN2O7+2. The number of ether oxygens (including phenoxy) is 6. The smallest absolute Gasteiger partial charge is 0.456 e. The standard InChI is InChI=1S/C27H33N2O7.C5H5.Fe/c1-26(2)31-14-20(34-26)21-22(23-25(33-21)36-27(3,4)35-23)32-24(30)18-12-9-11-16(18)17-10-7-8-13-19(17)28-15-29(5)6;1-2-4-5-3-1;/h7-13,15,20-23,25H,14H2,1-6H3;1-5H;/q;;+2/t20-,21-,22+,23-,25-;;/m1../s1. The Balaban J connectivity index is 0.000000612. The summed E-state index contributed by atoms with van der Waals surface area (Å²) in [6.07, 6.45) is 14.2. The monoisotopic (exact) mass is 618 g/mol. The number of aliphatic imine (C=N–C) groups is 1. The van der Waals surface area contributed by atoms with Crippen LogP contribution in [-0.4, -0.2) is 80.2 Å². The summed E-state index contributed by atoms with van der Waals surface area (Å²) in [4.78, 5) is 20.0. The first kappa shape index (κ1) is 33.4. The van der Waals surface area contributed by atoms with Gasteiger partial charge in [0, 0.05) is 20.0 Å². The number of carbonyl (C=O) groups excluding carboxylic acids is 1. The zero-order chi connectivity index (χ0) is 29.2. The number of hydrogen-bond donors (Lipinski definition) is 0. The van der Waals surface area contributed by atoms with Crippen LogP contribution in [0.25, 0.3) is 0 Å². The molecule has 0 amide bonds. The normalized spacial score (nSPS) is 31.9. The van der Waals surface area contributed by atoms with Gasteiger partial charge in [0.05, 0.1) is 24.6 Å². The van der Waals surface area contributed by atoms with Crippen LogP contribution in [0.4, 0.5) is 5.69 Å². The minimum Gasteiger partial charge on any atom is -0.456 e. The molecule has 0 spiro atoms. The zero-order valence-electron chi connectivity index (χ0n) is 24.7. The Bertz CT molecular complexity index is 1070. The van der Waals surface area contributed by atoms with Gasteiger partial charge in [-0.2, -0.15) is 0 Å². The van der Waals surface area contributed by atoms with Crippen LogP contribution in [0.1, 0.15) is 33.3 Å². The summed E-state index contributed by atoms with van der Waals surface area (Å²) in [5.41, 5.74) is 1.59. The molecule has 0 bridgehead atoms. The summed E-state index contributed by atoms with van der Waals surface area (Å²) in [6.45, 7) is 7.61. The number of para-hydroxylation sites is 1. The van der Waals surface area contributed by atoms with Gasteiger partial charge in [-0.25, -0.2) is 4.99 Å². The van der Waals surface area contributed by atoms with E-state index in [0.717, 1.165) is 17.2 Å². The van der Waals surface area contributed by atoms with E-state index >= 15 is 0 Å². The predicted octanol–water partition coefficient (Wildman–Crippen LogP) is 3.99. The molecule has 0 N–H and O–H groups in total. The van der Waals surface area contributed by atoms with Crippen molar-refractivity contribution >= 4 is 18.0 Å². The molecule has 9 nitrogen and oxygen atoms in total. The van der Waals surface area contributed by atoms with Crippen LogP contribution in [0.15, 0.2) is 29.3 Å². The Kier molecular flexibility index (Phi) is 11.2. The molecule has 1 aromatic carbocycles. The average molecular weight is 619 g/mol. The predicted molar refractivity (Wildman–Crippen MR) is 152 cm³/mol. The van der Waals surface area contributed by atoms with Crippen molar-refractivity contribution in [3.8, 4) is 0 Å². The molecule has 42 heavy (non-hydrogen) atoms. The quantitative estimate of drug-likeness (QED) is 0.205. The molecule has 6 rings (SSSR count). The van der Waals surface area contributed by atoms with Gasteiger partial charge in [0.15, 0.2) is 30.1 Å². The van der Waals surface area contributed by atoms with E-state index in [1.54, 1.807) is 26.6 Å². The van der Waals surface area contributed by atoms with Crippen LogP contribution >= 0.6 is 0 Å². The number of fused-ring (bicyclic) bond motifs is 1. The molecular weight excluding hydrogens is 580 g/mol. The second-order valence-electron chi connectivity index (χ2n) is 11.3. The van der Waals surface area contributed by atoms with Crippen LogP contribution in [-0.2, 0) is 50.3 Å². The van der Waals surface area contributed by atoms with E-state index in [1.165, 1.54) is 0 Å².